The van der Waals surface area contributed by atoms with Crippen molar-refractivity contribution in [1.29, 1.82) is 0 Å². The Balaban J connectivity index is 1.65. The van der Waals surface area contributed by atoms with Crippen molar-refractivity contribution in [3.05, 3.63) is 42.4 Å². The molecule has 0 aromatic carbocycles. The summed E-state index contributed by atoms with van der Waals surface area (Å²) in [6.07, 6.45) is 3.58. The topological polar surface area (TPSA) is 66.0 Å². The molecule has 1 aliphatic rings. The van der Waals surface area contributed by atoms with Crippen LogP contribution in [-0.2, 0) is 6.54 Å². The largest absolute Gasteiger partial charge is 0.354 e. The maximum atomic E-state index is 4.56. The summed E-state index contributed by atoms with van der Waals surface area (Å²) in [5.74, 6) is 1.62. The third-order valence-electron chi connectivity index (χ3n) is 3.24. The summed E-state index contributed by atoms with van der Waals surface area (Å²) in [6.45, 7) is 4.60. The van der Waals surface area contributed by atoms with Crippen LogP contribution < -0.4 is 15.5 Å². The third-order valence-corrected chi connectivity index (χ3v) is 3.24. The van der Waals surface area contributed by atoms with Gasteiger partial charge in [0.15, 0.2) is 0 Å². The summed E-state index contributed by atoms with van der Waals surface area (Å²) in [7, 11) is 0. The zero-order chi connectivity index (χ0) is 13.6. The van der Waals surface area contributed by atoms with Crippen LogP contribution in [0.4, 0.5) is 11.8 Å². The molecule has 104 valence electrons. The van der Waals surface area contributed by atoms with E-state index in [1.54, 1.807) is 12.4 Å². The molecule has 2 N–H and O–H groups in total. The molecular weight excluding hydrogens is 252 g/mol. The average Bonchev–Trinajstić information content (AvgIpc) is 2.55. The normalized spacial score (nSPS) is 15.1. The lowest BCUT2D eigenvalue weighted by Crippen LogP contribution is -2.43. The lowest BCUT2D eigenvalue weighted by Gasteiger charge is -2.28. The number of nitrogens with zero attached hydrogens (tertiary/aromatic N) is 4. The maximum Gasteiger partial charge on any atom is 0.224 e. The first-order chi connectivity index (χ1) is 9.92. The minimum absolute atomic E-state index is 0.631. The molecule has 1 aliphatic heterocycles. The van der Waals surface area contributed by atoms with Gasteiger partial charge in [-0.05, 0) is 18.2 Å². The van der Waals surface area contributed by atoms with E-state index in [0.717, 1.165) is 37.7 Å². The Kier molecular flexibility index (Phi) is 4.03. The summed E-state index contributed by atoms with van der Waals surface area (Å²) in [5, 5.41) is 6.55. The second kappa shape index (κ2) is 6.29. The highest BCUT2D eigenvalue weighted by molar-refractivity contribution is 5.43. The second-order valence-electron chi connectivity index (χ2n) is 4.65. The molecule has 20 heavy (non-hydrogen) atoms. The first-order valence-electron chi connectivity index (χ1n) is 6.84. The lowest BCUT2D eigenvalue weighted by molar-refractivity contribution is 0.584. The van der Waals surface area contributed by atoms with Gasteiger partial charge in [-0.2, -0.15) is 4.98 Å². The Morgan fingerprint density at radius 1 is 1.10 bits per heavy atom. The third kappa shape index (κ3) is 3.21. The molecule has 0 unspecified atom stereocenters. The van der Waals surface area contributed by atoms with Crippen LogP contribution in [0.3, 0.4) is 0 Å². The highest BCUT2D eigenvalue weighted by Crippen LogP contribution is 2.13. The van der Waals surface area contributed by atoms with Crippen LogP contribution in [0.5, 0.6) is 0 Å². The quantitative estimate of drug-likeness (QED) is 0.860. The number of pyridine rings is 1. The van der Waals surface area contributed by atoms with E-state index in [-0.39, 0.29) is 0 Å². The minimum atomic E-state index is 0.631. The van der Waals surface area contributed by atoms with Gasteiger partial charge in [0.2, 0.25) is 5.95 Å². The molecule has 0 radical (unpaired) electrons. The Hall–Kier alpha value is -2.21. The van der Waals surface area contributed by atoms with E-state index < -0.39 is 0 Å². The summed E-state index contributed by atoms with van der Waals surface area (Å²) < 4.78 is 0. The van der Waals surface area contributed by atoms with Crippen molar-refractivity contribution >= 4 is 11.8 Å². The molecular formula is C14H18N6. The van der Waals surface area contributed by atoms with E-state index in [0.29, 0.717) is 12.5 Å². The SMILES string of the molecule is c1ccc(CNc2nccc(N3CCNCC3)n2)nc1. The van der Waals surface area contributed by atoms with Gasteiger partial charge in [-0.1, -0.05) is 6.07 Å². The first kappa shape index (κ1) is 12.8. The molecule has 0 saturated carbocycles. The second-order valence-corrected chi connectivity index (χ2v) is 4.65. The zero-order valence-corrected chi connectivity index (χ0v) is 11.3. The number of anilines is 2. The van der Waals surface area contributed by atoms with E-state index in [4.69, 9.17) is 0 Å². The van der Waals surface area contributed by atoms with Crippen LogP contribution in [0.2, 0.25) is 0 Å². The van der Waals surface area contributed by atoms with Gasteiger partial charge in [0, 0.05) is 38.6 Å². The van der Waals surface area contributed by atoms with Crippen molar-refractivity contribution in [1.82, 2.24) is 20.3 Å². The molecule has 3 rings (SSSR count). The number of piperazine rings is 1. The van der Waals surface area contributed by atoms with E-state index >= 15 is 0 Å². The standard InChI is InChI=1S/C14H18N6/c1-2-5-16-12(3-1)11-18-14-17-6-4-13(19-14)20-9-7-15-8-10-20/h1-6,15H,7-11H2,(H,17,18,19). The van der Waals surface area contributed by atoms with Gasteiger partial charge in [-0.25, -0.2) is 4.98 Å². The number of nitrogens with one attached hydrogen (secondary N) is 2. The van der Waals surface area contributed by atoms with Gasteiger partial charge >= 0.3 is 0 Å². The van der Waals surface area contributed by atoms with Crippen LogP contribution in [0.15, 0.2) is 36.7 Å². The Labute approximate surface area is 118 Å². The predicted octanol–water partition coefficient (Wildman–Crippen LogP) is 0.893. The highest BCUT2D eigenvalue weighted by atomic mass is 15.3. The molecule has 6 nitrogen and oxygen atoms in total. The van der Waals surface area contributed by atoms with E-state index in [1.165, 1.54) is 0 Å². The smallest absolute Gasteiger partial charge is 0.224 e. The fourth-order valence-electron chi connectivity index (χ4n) is 2.18. The molecule has 2 aromatic heterocycles. The summed E-state index contributed by atoms with van der Waals surface area (Å²) in [4.78, 5) is 15.4. The molecule has 1 saturated heterocycles. The van der Waals surface area contributed by atoms with Crippen LogP contribution in [0, 0.1) is 0 Å². The van der Waals surface area contributed by atoms with Gasteiger partial charge in [0.05, 0.1) is 12.2 Å². The maximum absolute atomic E-state index is 4.56. The van der Waals surface area contributed by atoms with Crippen molar-refractivity contribution < 1.29 is 0 Å². The Morgan fingerprint density at radius 3 is 2.80 bits per heavy atom. The number of rotatable bonds is 4. The molecule has 0 spiro atoms. The van der Waals surface area contributed by atoms with Crippen molar-refractivity contribution in [2.45, 2.75) is 6.54 Å². The van der Waals surface area contributed by atoms with Gasteiger partial charge in [0.1, 0.15) is 5.82 Å². The van der Waals surface area contributed by atoms with Crippen LogP contribution >= 0.6 is 0 Å². The van der Waals surface area contributed by atoms with Crippen molar-refractivity contribution in [2.24, 2.45) is 0 Å². The number of aromatic nitrogens is 3. The van der Waals surface area contributed by atoms with Crippen LogP contribution in [-0.4, -0.2) is 41.1 Å². The minimum Gasteiger partial charge on any atom is -0.354 e. The summed E-state index contributed by atoms with van der Waals surface area (Å²) in [5.41, 5.74) is 0.976. The summed E-state index contributed by atoms with van der Waals surface area (Å²) in [6, 6.07) is 7.82. The van der Waals surface area contributed by atoms with Gasteiger partial charge in [0.25, 0.3) is 0 Å². The van der Waals surface area contributed by atoms with Crippen molar-refractivity contribution in [2.75, 3.05) is 36.4 Å². The fraction of sp³-hybridized carbons (Fsp3) is 0.357. The predicted molar refractivity (Wildman–Crippen MR) is 78.7 cm³/mol. The van der Waals surface area contributed by atoms with Gasteiger partial charge in [-0.15, -0.1) is 0 Å². The zero-order valence-electron chi connectivity index (χ0n) is 11.3. The molecule has 2 aromatic rings. The van der Waals surface area contributed by atoms with Crippen molar-refractivity contribution in [3.63, 3.8) is 0 Å². The molecule has 6 heteroatoms. The fourth-order valence-corrected chi connectivity index (χ4v) is 2.18. The Morgan fingerprint density at radius 2 is 2.00 bits per heavy atom. The van der Waals surface area contributed by atoms with Crippen LogP contribution in [0.1, 0.15) is 5.69 Å². The number of hydrogen-bond donors (Lipinski definition) is 2. The van der Waals surface area contributed by atoms with E-state index in [2.05, 4.69) is 30.5 Å². The Bertz CT molecular complexity index is 538. The average molecular weight is 270 g/mol. The van der Waals surface area contributed by atoms with E-state index in [1.807, 2.05) is 24.3 Å². The molecule has 0 bridgehead atoms. The molecule has 0 aliphatic carbocycles. The number of hydrogen-bond acceptors (Lipinski definition) is 6. The molecule has 0 amide bonds. The highest BCUT2D eigenvalue weighted by Gasteiger charge is 2.12. The van der Waals surface area contributed by atoms with Gasteiger partial charge in [-0.3, -0.25) is 4.98 Å². The molecule has 1 fully saturated rings. The van der Waals surface area contributed by atoms with Crippen LogP contribution in [0.25, 0.3) is 0 Å². The first-order valence-corrected chi connectivity index (χ1v) is 6.84. The molecule has 0 atom stereocenters. The monoisotopic (exact) mass is 270 g/mol. The van der Waals surface area contributed by atoms with E-state index in [9.17, 15) is 0 Å². The molecule has 3 heterocycles. The lowest BCUT2D eigenvalue weighted by atomic mass is 10.3. The summed E-state index contributed by atoms with van der Waals surface area (Å²) >= 11 is 0. The van der Waals surface area contributed by atoms with Crippen molar-refractivity contribution in [3.8, 4) is 0 Å². The van der Waals surface area contributed by atoms with Gasteiger partial charge < -0.3 is 15.5 Å².